The van der Waals surface area contributed by atoms with Crippen molar-refractivity contribution in [3.05, 3.63) is 41.0 Å². The molecule has 22 heavy (non-hydrogen) atoms. The van der Waals surface area contributed by atoms with Gasteiger partial charge in [-0.2, -0.15) is 4.72 Å². The van der Waals surface area contributed by atoms with Gasteiger partial charge in [-0.1, -0.05) is 17.7 Å². The van der Waals surface area contributed by atoms with Crippen LogP contribution in [0.3, 0.4) is 0 Å². The second-order valence-corrected chi connectivity index (χ2v) is 8.83. The van der Waals surface area contributed by atoms with Gasteiger partial charge in [0, 0.05) is 6.20 Å². The molecule has 1 unspecified atom stereocenters. The van der Waals surface area contributed by atoms with Crippen LogP contribution >= 0.6 is 30.5 Å². The Morgan fingerprint density at radius 2 is 2.14 bits per heavy atom. The zero-order valence-corrected chi connectivity index (χ0v) is 13.6. The van der Waals surface area contributed by atoms with Crippen LogP contribution in [0.1, 0.15) is 0 Å². The Labute approximate surface area is 158 Å². The molecular weight excluding hydrogens is 382 g/mol. The first-order valence-electron chi connectivity index (χ1n) is 5.45. The Morgan fingerprint density at radius 1 is 1.41 bits per heavy atom. The van der Waals surface area contributed by atoms with Crippen LogP contribution in [0.5, 0.6) is 5.75 Å². The van der Waals surface area contributed by atoms with E-state index in [1.807, 2.05) is 4.72 Å². The van der Waals surface area contributed by atoms with Gasteiger partial charge in [0.1, 0.15) is 10.5 Å². The Balaban J connectivity index is 0.00000242. The molecule has 2 rings (SSSR count). The Hall–Kier alpha value is 0.0400. The maximum atomic E-state index is 11.9. The molecule has 2 heterocycles. The molecule has 0 fully saturated rings. The van der Waals surface area contributed by atoms with E-state index in [0.717, 1.165) is 11.3 Å². The number of pyridine rings is 1. The van der Waals surface area contributed by atoms with Crippen LogP contribution in [0.25, 0.3) is 0 Å². The Kier molecular flexibility index (Phi) is 7.51. The van der Waals surface area contributed by atoms with Gasteiger partial charge in [-0.25, -0.2) is 18.0 Å². The number of sulfonamides is 1. The van der Waals surface area contributed by atoms with Gasteiger partial charge < -0.3 is 9.42 Å². The van der Waals surface area contributed by atoms with Crippen LogP contribution < -0.4 is 9.25 Å². The topological polar surface area (TPSA) is 106 Å². The van der Waals surface area contributed by atoms with Crippen LogP contribution in [0.4, 0.5) is 0 Å². The summed E-state index contributed by atoms with van der Waals surface area (Å²) in [7, 11) is -8.09. The summed E-state index contributed by atoms with van der Waals surface area (Å²) in [6.07, 6.45) is 0.607. The summed E-state index contributed by atoms with van der Waals surface area (Å²) >= 11 is 6.69. The molecule has 116 valence electrons. The molecule has 0 aliphatic carbocycles. The summed E-state index contributed by atoms with van der Waals surface area (Å²) in [6, 6.07) is 5.76. The molecule has 2 N–H and O–H groups in total. The van der Waals surface area contributed by atoms with Crippen LogP contribution in [0, 0.1) is 0 Å². The molecule has 0 saturated heterocycles. The van der Waals surface area contributed by atoms with Crippen molar-refractivity contribution >= 4 is 70.1 Å². The fraction of sp³-hybridized carbons (Fsp3) is 0.100. The zero-order chi connectivity index (χ0) is 15.5. The van der Waals surface area contributed by atoms with Gasteiger partial charge in [0.25, 0.3) is 10.0 Å². The Morgan fingerprint density at radius 3 is 2.73 bits per heavy atom. The van der Waals surface area contributed by atoms with E-state index < -0.39 is 23.9 Å². The third-order valence-corrected chi connectivity index (χ3v) is 6.52. The second-order valence-electron chi connectivity index (χ2n) is 3.76. The summed E-state index contributed by atoms with van der Waals surface area (Å²) in [6.45, 7) is 0. The van der Waals surface area contributed by atoms with Crippen LogP contribution in [-0.4, -0.2) is 54.1 Å². The molecule has 0 radical (unpaired) electrons. The van der Waals surface area contributed by atoms with Crippen molar-refractivity contribution in [1.29, 1.82) is 0 Å². The van der Waals surface area contributed by atoms with Crippen molar-refractivity contribution in [3.8, 4) is 5.75 Å². The van der Waals surface area contributed by atoms with E-state index in [2.05, 4.69) is 4.98 Å². The molecule has 2 aromatic rings. The number of halogens is 1. The second kappa shape index (κ2) is 8.23. The quantitative estimate of drug-likeness (QED) is 0.440. The van der Waals surface area contributed by atoms with Gasteiger partial charge in [-0.05, 0) is 23.6 Å². The van der Waals surface area contributed by atoms with Crippen molar-refractivity contribution in [2.45, 2.75) is 4.21 Å². The van der Waals surface area contributed by atoms with Crippen molar-refractivity contribution in [2.24, 2.45) is 0 Å². The molecule has 0 amide bonds. The predicted octanol–water partition coefficient (Wildman–Crippen LogP) is 1.65. The Bertz CT molecular complexity index is 771. The van der Waals surface area contributed by atoms with E-state index >= 15 is 0 Å². The summed E-state index contributed by atoms with van der Waals surface area (Å²) in [5.41, 5.74) is 0. The first-order chi connectivity index (χ1) is 9.80. The molecule has 7 nitrogen and oxygen atoms in total. The van der Waals surface area contributed by atoms with E-state index in [0.29, 0.717) is 0 Å². The average Bonchev–Trinajstić information content (AvgIpc) is 2.94. The number of nitrogens with zero attached hydrogens (tertiary/aromatic N) is 1. The molecule has 0 bridgehead atoms. The molecule has 12 heteroatoms. The summed E-state index contributed by atoms with van der Waals surface area (Å²) < 4.78 is 42.4. The van der Waals surface area contributed by atoms with E-state index in [4.69, 9.17) is 16.1 Å². The van der Waals surface area contributed by atoms with Gasteiger partial charge in [-0.3, -0.25) is 0 Å². The van der Waals surface area contributed by atoms with E-state index in [9.17, 15) is 17.9 Å². The maximum absolute atomic E-state index is 11.9. The predicted molar refractivity (Wildman–Crippen MR) is 86.4 cm³/mol. The van der Waals surface area contributed by atoms with Gasteiger partial charge in [0.2, 0.25) is 0 Å². The fourth-order valence-electron chi connectivity index (χ4n) is 1.28. The van der Waals surface area contributed by atoms with Gasteiger partial charge >= 0.3 is 37.2 Å². The van der Waals surface area contributed by atoms with Crippen molar-refractivity contribution < 1.29 is 22.4 Å². The van der Waals surface area contributed by atoms with E-state index in [1.54, 1.807) is 11.4 Å². The zero-order valence-electron chi connectivity index (χ0n) is 10.3. The molecule has 0 aromatic carbocycles. The minimum atomic E-state index is -4.25. The van der Waals surface area contributed by atoms with E-state index in [1.165, 1.54) is 24.4 Å². The molecule has 0 aliphatic heterocycles. The summed E-state index contributed by atoms with van der Waals surface area (Å²) in [5, 5.41) is 1.49. The number of hydrogen-bond donors (Lipinski definition) is 2. The first-order valence-corrected chi connectivity index (χ1v) is 9.96. The third-order valence-electron chi connectivity index (χ3n) is 2.18. The molecule has 1 atom stereocenters. The van der Waals surface area contributed by atoms with Crippen molar-refractivity contribution in [3.63, 3.8) is 0 Å². The summed E-state index contributed by atoms with van der Waals surface area (Å²) in [5.74, 6) is -0.0969. The van der Waals surface area contributed by atoms with E-state index in [-0.39, 0.29) is 44.7 Å². The van der Waals surface area contributed by atoms with Gasteiger partial charge in [0.05, 0.1) is 0 Å². The van der Waals surface area contributed by atoms with Crippen molar-refractivity contribution in [1.82, 2.24) is 9.71 Å². The minimum absolute atomic E-state index is 0. The van der Waals surface area contributed by atoms with Crippen molar-refractivity contribution in [2.75, 3.05) is 6.29 Å². The number of nitrogens with one attached hydrogen (secondary N) is 1. The van der Waals surface area contributed by atoms with Crippen LogP contribution in [0.15, 0.2) is 40.1 Å². The molecule has 0 aliphatic rings. The van der Waals surface area contributed by atoms with Crippen LogP contribution in [-0.2, 0) is 14.6 Å². The molecule has 0 saturated carbocycles. The third kappa shape index (κ3) is 5.59. The normalized spacial score (nSPS) is 13.9. The monoisotopic (exact) mass is 392 g/mol. The first kappa shape index (κ1) is 20.1. The number of rotatable bonds is 6. The summed E-state index contributed by atoms with van der Waals surface area (Å²) in [4.78, 5) is 13.4. The standard InChI is InChI=1S/C10H10ClN2O5PS2.Na.H/c11-10-8(3-1-5-12-10)18-19(14,15)7-13-21(16,17)9-4-2-6-20-9;;/h1-6,13H,7H2,(H,14,15);;. The average molecular weight is 393 g/mol. The van der Waals surface area contributed by atoms with Gasteiger partial charge in [0.15, 0.2) is 10.9 Å². The number of thiophene rings is 1. The van der Waals surface area contributed by atoms with Crippen LogP contribution in [0.2, 0.25) is 5.15 Å². The SMILES string of the molecule is O=P(O)(CNS(=O)(=O)c1cccs1)Oc1cccnc1Cl.[NaH]. The fourth-order valence-corrected chi connectivity index (χ4v) is 5.04. The number of hydrogen-bond acceptors (Lipinski definition) is 6. The molecular formula is C10H11ClN2NaO5PS2. The molecule has 2 aromatic heterocycles. The number of aromatic nitrogens is 1. The molecule has 0 spiro atoms. The van der Waals surface area contributed by atoms with Gasteiger partial charge in [-0.15, -0.1) is 11.3 Å².